The topological polar surface area (TPSA) is 125 Å². The molecule has 0 unspecified atom stereocenters. The number of amides is 1. The van der Waals surface area contributed by atoms with Gasteiger partial charge in [-0.25, -0.2) is 0 Å². The predicted molar refractivity (Wildman–Crippen MR) is 119 cm³/mol. The second-order valence-corrected chi connectivity index (χ2v) is 8.55. The fourth-order valence-corrected chi connectivity index (χ4v) is 4.75. The molecule has 0 atom stereocenters. The molecule has 166 valence electrons. The zero-order chi connectivity index (χ0) is 22.1. The van der Waals surface area contributed by atoms with Crippen LogP contribution < -0.4 is 15.4 Å². The first-order chi connectivity index (χ1) is 15.6. The largest absolute Gasteiger partial charge is 0.507 e. The second-order valence-electron chi connectivity index (χ2n) is 8.14. The van der Waals surface area contributed by atoms with Crippen LogP contribution in [0, 0.1) is 0 Å². The van der Waals surface area contributed by atoms with Gasteiger partial charge in [-0.1, -0.05) is 29.5 Å². The Labute approximate surface area is 189 Å². The highest BCUT2D eigenvalue weighted by atomic mass is 35.5. The molecule has 3 aromatic rings. The molecule has 0 aliphatic heterocycles. The summed E-state index contributed by atoms with van der Waals surface area (Å²) in [6.45, 7) is 0. The van der Waals surface area contributed by atoms with Gasteiger partial charge in [0.15, 0.2) is 0 Å². The van der Waals surface area contributed by atoms with Crippen molar-refractivity contribution in [3.63, 3.8) is 0 Å². The Balaban J connectivity index is 1.41. The van der Waals surface area contributed by atoms with Gasteiger partial charge in [0.05, 0.1) is 10.6 Å². The van der Waals surface area contributed by atoms with E-state index in [0.29, 0.717) is 22.5 Å². The molecule has 0 bridgehead atoms. The molecular formula is C22H23ClN6O3. The van der Waals surface area contributed by atoms with Crippen LogP contribution in [-0.4, -0.2) is 37.7 Å². The molecule has 2 aliphatic carbocycles. The molecule has 1 aromatic heterocycles. The lowest BCUT2D eigenvalue weighted by molar-refractivity contribution is 0.0935. The van der Waals surface area contributed by atoms with Crippen LogP contribution in [0.15, 0.2) is 24.3 Å². The van der Waals surface area contributed by atoms with Crippen molar-refractivity contribution >= 4 is 29.1 Å². The third-order valence-corrected chi connectivity index (χ3v) is 6.30. The first kappa shape index (κ1) is 20.6. The van der Waals surface area contributed by atoms with E-state index >= 15 is 0 Å². The Morgan fingerprint density at radius 2 is 1.97 bits per heavy atom. The van der Waals surface area contributed by atoms with Crippen molar-refractivity contribution < 1.29 is 14.6 Å². The summed E-state index contributed by atoms with van der Waals surface area (Å²) in [6.07, 6.45) is 6.82. The van der Waals surface area contributed by atoms with E-state index in [2.05, 4.69) is 31.3 Å². The number of rotatable bonds is 6. The Morgan fingerprint density at radius 3 is 2.75 bits per heavy atom. The number of fused-ring (bicyclic) bond motifs is 1. The number of tetrazole rings is 1. The van der Waals surface area contributed by atoms with E-state index in [1.54, 1.807) is 18.2 Å². The summed E-state index contributed by atoms with van der Waals surface area (Å²) >= 11 is 6.59. The van der Waals surface area contributed by atoms with Gasteiger partial charge in [-0.05, 0) is 67.1 Å². The Morgan fingerprint density at radius 1 is 1.16 bits per heavy atom. The number of phenolic OH excluding ortho intramolecular Hbond substituents is 1. The molecule has 2 aromatic carbocycles. The lowest BCUT2D eigenvalue weighted by Gasteiger charge is -2.17. The summed E-state index contributed by atoms with van der Waals surface area (Å²) in [6, 6.07) is 6.60. The molecule has 2 aliphatic rings. The van der Waals surface area contributed by atoms with E-state index < -0.39 is 0 Å². The summed E-state index contributed by atoms with van der Waals surface area (Å²) in [5, 5.41) is 30.7. The van der Waals surface area contributed by atoms with E-state index in [4.69, 9.17) is 16.3 Å². The number of aromatic nitrogens is 4. The average molecular weight is 455 g/mol. The Bertz CT molecular complexity index is 1150. The van der Waals surface area contributed by atoms with Gasteiger partial charge in [-0.2, -0.15) is 5.21 Å². The van der Waals surface area contributed by atoms with E-state index in [1.807, 2.05) is 0 Å². The van der Waals surface area contributed by atoms with Crippen molar-refractivity contribution in [1.82, 2.24) is 25.9 Å². The highest BCUT2D eigenvalue weighted by Crippen LogP contribution is 2.44. The van der Waals surface area contributed by atoms with Crippen LogP contribution in [0.2, 0.25) is 5.02 Å². The lowest BCUT2D eigenvalue weighted by Crippen LogP contribution is -2.32. The highest BCUT2D eigenvalue weighted by Gasteiger charge is 2.25. The van der Waals surface area contributed by atoms with Crippen molar-refractivity contribution in [3.8, 4) is 17.2 Å². The number of nitrogens with one attached hydrogen (secondary N) is 3. The van der Waals surface area contributed by atoms with E-state index in [-0.39, 0.29) is 23.3 Å². The average Bonchev–Trinajstić information content (AvgIpc) is 3.54. The molecular weight excluding hydrogens is 432 g/mol. The molecule has 1 fully saturated rings. The van der Waals surface area contributed by atoms with Gasteiger partial charge in [0.1, 0.15) is 17.2 Å². The normalized spacial score (nSPS) is 15.5. The van der Waals surface area contributed by atoms with Crippen molar-refractivity contribution in [3.05, 3.63) is 46.0 Å². The number of ether oxygens (including phenoxy) is 1. The predicted octanol–water partition coefficient (Wildman–Crippen LogP) is 4.26. The molecule has 5 rings (SSSR count). The molecule has 9 nitrogen and oxygen atoms in total. The standard InChI is InChI=1S/C22H23ClN6O3/c23-17-11-18(25-22-26-28-29-27-22)14-6-3-7-15(14)20(17)32-13-8-9-19(30)16(10-13)21(31)24-12-4-1-2-5-12/h8-12,30H,1-7H2,(H,24,31)(H2,25,26,27,28,29). The highest BCUT2D eigenvalue weighted by molar-refractivity contribution is 6.32. The van der Waals surface area contributed by atoms with Gasteiger partial charge in [0.2, 0.25) is 0 Å². The fraction of sp³-hybridized carbons (Fsp3) is 0.364. The number of hydrogen-bond acceptors (Lipinski definition) is 7. The lowest BCUT2D eigenvalue weighted by atomic mass is 10.1. The first-order valence-electron chi connectivity index (χ1n) is 10.7. The molecule has 1 saturated carbocycles. The number of aromatic amines is 1. The number of carbonyl (C=O) groups excluding carboxylic acids is 1. The monoisotopic (exact) mass is 454 g/mol. The summed E-state index contributed by atoms with van der Waals surface area (Å²) in [5.41, 5.74) is 3.11. The minimum Gasteiger partial charge on any atom is -0.507 e. The number of anilines is 2. The van der Waals surface area contributed by atoms with Crippen molar-refractivity contribution in [2.45, 2.75) is 51.0 Å². The zero-order valence-corrected chi connectivity index (χ0v) is 18.1. The number of phenols is 1. The number of halogens is 1. The van der Waals surface area contributed by atoms with Crippen LogP contribution in [0.1, 0.15) is 53.6 Å². The minimum absolute atomic E-state index is 0.0798. The summed E-state index contributed by atoms with van der Waals surface area (Å²) in [7, 11) is 0. The number of H-pyrrole nitrogens is 1. The molecule has 0 radical (unpaired) electrons. The quantitative estimate of drug-likeness (QED) is 0.438. The first-order valence-corrected chi connectivity index (χ1v) is 11.1. The number of aromatic hydroxyl groups is 1. The van der Waals surface area contributed by atoms with E-state index in [1.165, 1.54) is 6.07 Å². The van der Waals surface area contributed by atoms with Crippen LogP contribution in [0.25, 0.3) is 0 Å². The number of hydrogen-bond donors (Lipinski definition) is 4. The Kier molecular flexibility index (Phi) is 5.57. The van der Waals surface area contributed by atoms with Gasteiger partial charge >= 0.3 is 0 Å². The van der Waals surface area contributed by atoms with Gasteiger partial charge in [-0.15, -0.1) is 5.10 Å². The van der Waals surface area contributed by atoms with Crippen molar-refractivity contribution in [2.24, 2.45) is 0 Å². The number of benzene rings is 2. The molecule has 32 heavy (non-hydrogen) atoms. The van der Waals surface area contributed by atoms with Gasteiger partial charge < -0.3 is 20.5 Å². The van der Waals surface area contributed by atoms with Gasteiger partial charge in [0, 0.05) is 17.3 Å². The number of nitrogens with zero attached hydrogens (tertiary/aromatic N) is 3. The van der Waals surface area contributed by atoms with Crippen LogP contribution in [-0.2, 0) is 12.8 Å². The maximum atomic E-state index is 12.7. The minimum atomic E-state index is -0.296. The van der Waals surface area contributed by atoms with Crippen LogP contribution in [0.5, 0.6) is 17.2 Å². The summed E-state index contributed by atoms with van der Waals surface area (Å²) < 4.78 is 6.16. The SMILES string of the molecule is O=C(NC1CCCC1)c1cc(Oc2c(Cl)cc(Nc3nn[nH]n3)c3c2CCC3)ccc1O. The molecule has 4 N–H and O–H groups in total. The molecule has 10 heteroatoms. The zero-order valence-electron chi connectivity index (χ0n) is 17.3. The third kappa shape index (κ3) is 4.08. The van der Waals surface area contributed by atoms with Gasteiger partial charge in [-0.3, -0.25) is 4.79 Å². The van der Waals surface area contributed by atoms with Crippen LogP contribution in [0.4, 0.5) is 11.6 Å². The van der Waals surface area contributed by atoms with Gasteiger partial charge in [0.25, 0.3) is 11.9 Å². The fourth-order valence-electron chi connectivity index (χ4n) is 4.48. The summed E-state index contributed by atoms with van der Waals surface area (Å²) in [4.78, 5) is 12.7. The molecule has 0 spiro atoms. The number of carbonyl (C=O) groups is 1. The maximum Gasteiger partial charge on any atom is 0.267 e. The third-order valence-electron chi connectivity index (χ3n) is 6.02. The molecule has 1 amide bonds. The smallest absolute Gasteiger partial charge is 0.267 e. The molecule has 1 heterocycles. The van der Waals surface area contributed by atoms with Crippen molar-refractivity contribution in [1.29, 1.82) is 0 Å². The Hall–Kier alpha value is -3.33. The second kappa shape index (κ2) is 8.66. The maximum absolute atomic E-state index is 12.7. The van der Waals surface area contributed by atoms with E-state index in [9.17, 15) is 9.90 Å². The van der Waals surface area contributed by atoms with Crippen LogP contribution in [0.3, 0.4) is 0 Å². The van der Waals surface area contributed by atoms with Crippen molar-refractivity contribution in [2.75, 3.05) is 5.32 Å². The van der Waals surface area contributed by atoms with E-state index in [0.717, 1.165) is 61.8 Å². The van der Waals surface area contributed by atoms with Crippen LogP contribution >= 0.6 is 11.6 Å². The molecule has 0 saturated heterocycles. The summed E-state index contributed by atoms with van der Waals surface area (Å²) in [5.74, 6) is 0.986.